The van der Waals surface area contributed by atoms with Gasteiger partial charge < -0.3 is 9.47 Å². The zero-order chi connectivity index (χ0) is 15.4. The molecule has 0 aliphatic rings. The van der Waals surface area contributed by atoms with Gasteiger partial charge in [0, 0.05) is 5.33 Å². The Hall–Kier alpha value is -1.07. The van der Waals surface area contributed by atoms with Crippen molar-refractivity contribution in [2.45, 2.75) is 12.8 Å². The lowest BCUT2D eigenvalue weighted by Crippen LogP contribution is -2.14. The summed E-state index contributed by atoms with van der Waals surface area (Å²) in [7, 11) is 1.64. The third-order valence-corrected chi connectivity index (χ3v) is 4.48. The van der Waals surface area contributed by atoms with Crippen molar-refractivity contribution in [1.82, 2.24) is 0 Å². The van der Waals surface area contributed by atoms with Crippen LogP contribution in [0.2, 0.25) is 0 Å². The Kier molecular flexibility index (Phi) is 5.65. The highest BCUT2D eigenvalue weighted by atomic mass is 79.9. The molecule has 5 heteroatoms. The third-order valence-electron chi connectivity index (χ3n) is 3.34. The first-order valence-corrected chi connectivity index (χ1v) is 8.48. The number of carbonyl (C=O) groups excluding carboxylic acids is 1. The van der Waals surface area contributed by atoms with Crippen LogP contribution in [-0.2, 0) is 9.53 Å². The number of hydrogen-bond acceptors (Lipinski definition) is 3. The average molecular weight is 416 g/mol. The molecule has 1 atom stereocenters. The molecule has 0 aliphatic heterocycles. The first-order chi connectivity index (χ1) is 10.1. The van der Waals surface area contributed by atoms with Crippen LogP contribution in [0.15, 0.2) is 34.8 Å². The molecule has 0 bridgehead atoms. The molecule has 0 N–H and O–H groups in total. The molecular weight excluding hydrogens is 400 g/mol. The number of benzene rings is 2. The molecule has 0 aromatic heterocycles. The number of halogens is 2. The summed E-state index contributed by atoms with van der Waals surface area (Å²) in [6.07, 6.45) is 0. The number of ether oxygens (including phenoxy) is 2. The number of hydrogen-bond donors (Lipinski definition) is 0. The fraction of sp³-hybridized carbons (Fsp3) is 0.312. The van der Waals surface area contributed by atoms with Crippen molar-refractivity contribution < 1.29 is 14.3 Å². The fourth-order valence-electron chi connectivity index (χ4n) is 2.12. The zero-order valence-electron chi connectivity index (χ0n) is 11.9. The largest absolute Gasteiger partial charge is 0.496 e. The van der Waals surface area contributed by atoms with Crippen molar-refractivity contribution >= 4 is 48.6 Å². The van der Waals surface area contributed by atoms with Crippen molar-refractivity contribution in [3.63, 3.8) is 0 Å². The maximum atomic E-state index is 11.9. The Balaban J connectivity index is 2.33. The van der Waals surface area contributed by atoms with Gasteiger partial charge in [0.2, 0.25) is 0 Å². The van der Waals surface area contributed by atoms with Gasteiger partial charge in [-0.05, 0) is 45.3 Å². The summed E-state index contributed by atoms with van der Waals surface area (Å²) in [6.45, 7) is 2.25. The van der Waals surface area contributed by atoms with Crippen molar-refractivity contribution in [2.24, 2.45) is 0 Å². The maximum absolute atomic E-state index is 11.9. The van der Waals surface area contributed by atoms with Gasteiger partial charge in [-0.1, -0.05) is 40.2 Å². The number of esters is 1. The summed E-state index contributed by atoms with van der Waals surface area (Å²) < 4.78 is 11.4. The molecular formula is C16H16Br2O3. The number of alkyl halides is 1. The summed E-state index contributed by atoms with van der Waals surface area (Å²) in [6, 6.07) is 9.85. The molecule has 0 saturated heterocycles. The topological polar surface area (TPSA) is 35.5 Å². The lowest BCUT2D eigenvalue weighted by Gasteiger charge is -2.13. The van der Waals surface area contributed by atoms with E-state index in [0.29, 0.717) is 11.9 Å². The third kappa shape index (κ3) is 3.58. The van der Waals surface area contributed by atoms with E-state index in [9.17, 15) is 4.79 Å². The molecule has 0 saturated carbocycles. The van der Waals surface area contributed by atoms with Crippen molar-refractivity contribution in [2.75, 3.05) is 19.0 Å². The van der Waals surface area contributed by atoms with Gasteiger partial charge in [-0.2, -0.15) is 0 Å². The Morgan fingerprint density at radius 2 is 2.05 bits per heavy atom. The van der Waals surface area contributed by atoms with Crippen LogP contribution in [0.3, 0.4) is 0 Å². The molecule has 2 aromatic carbocycles. The monoisotopic (exact) mass is 414 g/mol. The van der Waals surface area contributed by atoms with Crippen LogP contribution in [0.1, 0.15) is 18.4 Å². The quantitative estimate of drug-likeness (QED) is 0.526. The van der Waals surface area contributed by atoms with E-state index < -0.39 is 0 Å². The summed E-state index contributed by atoms with van der Waals surface area (Å²) in [4.78, 5) is 11.9. The standard InChI is InChI=1S/C16H16Br2O3/c1-10(16(19)21-8-7-17)11-3-5-13-12(9-11)4-6-14(20-2)15(13)18/h3-6,9-10H,7-8H2,1-2H3. The van der Waals surface area contributed by atoms with Gasteiger partial charge in [0.05, 0.1) is 17.5 Å². The first kappa shape index (κ1) is 16.3. The van der Waals surface area contributed by atoms with E-state index in [1.54, 1.807) is 7.11 Å². The van der Waals surface area contributed by atoms with Gasteiger partial charge >= 0.3 is 5.97 Å². The first-order valence-electron chi connectivity index (χ1n) is 6.57. The molecule has 0 spiro atoms. The molecule has 2 aromatic rings. The predicted octanol–water partition coefficient (Wildman–Crippen LogP) is 4.65. The molecule has 2 rings (SSSR count). The van der Waals surface area contributed by atoms with E-state index in [2.05, 4.69) is 31.9 Å². The Morgan fingerprint density at radius 3 is 2.71 bits per heavy atom. The number of fused-ring (bicyclic) bond motifs is 1. The second kappa shape index (κ2) is 7.27. The Bertz CT molecular complexity index is 655. The van der Waals surface area contributed by atoms with Gasteiger partial charge in [0.15, 0.2) is 0 Å². The van der Waals surface area contributed by atoms with Gasteiger partial charge in [0.1, 0.15) is 12.4 Å². The normalized spacial score (nSPS) is 12.2. The number of methoxy groups -OCH3 is 1. The van der Waals surface area contributed by atoms with Gasteiger partial charge in [-0.25, -0.2) is 0 Å². The highest BCUT2D eigenvalue weighted by molar-refractivity contribution is 9.10. The summed E-state index contributed by atoms with van der Waals surface area (Å²) >= 11 is 6.79. The fourth-order valence-corrected chi connectivity index (χ4v) is 2.93. The van der Waals surface area contributed by atoms with E-state index in [1.807, 2.05) is 37.3 Å². The molecule has 1 unspecified atom stereocenters. The SMILES string of the molecule is COc1ccc2cc(C(C)C(=O)OCCBr)ccc2c1Br. The summed E-state index contributed by atoms with van der Waals surface area (Å²) in [5.74, 6) is 0.302. The van der Waals surface area contributed by atoms with Crippen LogP contribution in [0.5, 0.6) is 5.75 Å². The van der Waals surface area contributed by atoms with Gasteiger partial charge in [-0.3, -0.25) is 4.79 Å². The lowest BCUT2D eigenvalue weighted by molar-refractivity contribution is -0.144. The minimum Gasteiger partial charge on any atom is -0.496 e. The summed E-state index contributed by atoms with van der Waals surface area (Å²) in [5, 5.41) is 2.76. The zero-order valence-corrected chi connectivity index (χ0v) is 15.0. The van der Waals surface area contributed by atoms with Gasteiger partial charge in [0.25, 0.3) is 0 Å². The van der Waals surface area contributed by atoms with Crippen LogP contribution in [-0.4, -0.2) is 25.0 Å². The van der Waals surface area contributed by atoms with E-state index in [4.69, 9.17) is 9.47 Å². The van der Waals surface area contributed by atoms with Crippen molar-refractivity contribution in [1.29, 1.82) is 0 Å². The van der Waals surface area contributed by atoms with Crippen LogP contribution in [0, 0.1) is 0 Å². The van der Waals surface area contributed by atoms with E-state index in [0.717, 1.165) is 26.6 Å². The predicted molar refractivity (Wildman–Crippen MR) is 91.4 cm³/mol. The average Bonchev–Trinajstić information content (AvgIpc) is 2.51. The molecule has 0 aliphatic carbocycles. The van der Waals surface area contributed by atoms with Crippen LogP contribution >= 0.6 is 31.9 Å². The minimum absolute atomic E-state index is 0.207. The smallest absolute Gasteiger partial charge is 0.313 e. The molecule has 112 valence electrons. The molecule has 0 radical (unpaired) electrons. The molecule has 3 nitrogen and oxygen atoms in total. The highest BCUT2D eigenvalue weighted by Crippen LogP contribution is 2.34. The molecule has 0 amide bonds. The van der Waals surface area contributed by atoms with E-state index >= 15 is 0 Å². The number of carbonyl (C=O) groups is 1. The summed E-state index contributed by atoms with van der Waals surface area (Å²) in [5.41, 5.74) is 0.944. The van der Waals surface area contributed by atoms with Crippen molar-refractivity contribution in [3.05, 3.63) is 40.4 Å². The lowest BCUT2D eigenvalue weighted by atomic mass is 9.98. The second-order valence-corrected chi connectivity index (χ2v) is 6.23. The van der Waals surface area contributed by atoms with E-state index in [1.165, 1.54) is 0 Å². The van der Waals surface area contributed by atoms with Crippen molar-refractivity contribution in [3.8, 4) is 5.75 Å². The Labute approximate surface area is 140 Å². The van der Waals surface area contributed by atoms with Crippen LogP contribution in [0.4, 0.5) is 0 Å². The van der Waals surface area contributed by atoms with E-state index in [-0.39, 0.29) is 11.9 Å². The Morgan fingerprint density at radius 1 is 1.29 bits per heavy atom. The molecule has 0 heterocycles. The second-order valence-electron chi connectivity index (χ2n) is 4.64. The maximum Gasteiger partial charge on any atom is 0.313 e. The number of rotatable bonds is 5. The minimum atomic E-state index is -0.283. The van der Waals surface area contributed by atoms with Gasteiger partial charge in [-0.15, -0.1) is 0 Å². The molecule has 0 fully saturated rings. The van der Waals surface area contributed by atoms with Crippen LogP contribution in [0.25, 0.3) is 10.8 Å². The molecule has 21 heavy (non-hydrogen) atoms. The highest BCUT2D eigenvalue weighted by Gasteiger charge is 2.17. The van der Waals surface area contributed by atoms with Crippen LogP contribution < -0.4 is 4.74 Å².